The maximum atomic E-state index is 12.1. The molecule has 2 N–H and O–H groups in total. The maximum absolute atomic E-state index is 12.1. The fraction of sp³-hybridized carbons (Fsp3) is 0.105. The molecule has 0 spiro atoms. The van der Waals surface area contributed by atoms with Gasteiger partial charge in [0.2, 0.25) is 5.91 Å². The molecule has 3 aromatic carbocycles. The molecule has 0 bridgehead atoms. The Morgan fingerprint density at radius 3 is 2.57 bits per heavy atom. The van der Waals surface area contributed by atoms with Crippen LogP contribution in [-0.4, -0.2) is 19.6 Å². The van der Waals surface area contributed by atoms with Gasteiger partial charge in [0.25, 0.3) is 0 Å². The van der Waals surface area contributed by atoms with Crippen molar-refractivity contribution in [2.45, 2.75) is 0 Å². The van der Waals surface area contributed by atoms with Crippen LogP contribution in [0.2, 0.25) is 0 Å². The van der Waals surface area contributed by atoms with Crippen LogP contribution >= 0.6 is 0 Å². The van der Waals surface area contributed by atoms with Crippen molar-refractivity contribution >= 4 is 28.1 Å². The predicted molar refractivity (Wildman–Crippen MR) is 94.1 cm³/mol. The molecule has 0 aliphatic carbocycles. The van der Waals surface area contributed by atoms with Gasteiger partial charge in [-0.15, -0.1) is 0 Å². The number of benzene rings is 3. The third-order valence-electron chi connectivity index (χ3n) is 3.56. The van der Waals surface area contributed by atoms with E-state index in [-0.39, 0.29) is 12.5 Å². The van der Waals surface area contributed by atoms with E-state index in [1.54, 1.807) is 7.11 Å². The fourth-order valence-corrected chi connectivity index (χ4v) is 2.39. The standard InChI is InChI=1S/C19H18N2O2/c1-23-18-8-4-7-16(12-18)20-13-19(22)21-17-10-9-14-5-2-3-6-15(14)11-17/h2-12,20H,13H2,1H3,(H,21,22). The van der Waals surface area contributed by atoms with Crippen LogP contribution < -0.4 is 15.4 Å². The molecule has 3 rings (SSSR count). The Bertz CT molecular complexity index is 830. The molecule has 23 heavy (non-hydrogen) atoms. The highest BCUT2D eigenvalue weighted by Gasteiger charge is 2.04. The normalized spacial score (nSPS) is 10.3. The van der Waals surface area contributed by atoms with Crippen molar-refractivity contribution < 1.29 is 9.53 Å². The summed E-state index contributed by atoms with van der Waals surface area (Å²) in [7, 11) is 1.62. The molecule has 4 nitrogen and oxygen atoms in total. The van der Waals surface area contributed by atoms with E-state index in [9.17, 15) is 4.79 Å². The molecule has 0 aliphatic rings. The summed E-state index contributed by atoms with van der Waals surface area (Å²) in [6, 6.07) is 21.4. The second-order valence-electron chi connectivity index (χ2n) is 5.20. The van der Waals surface area contributed by atoms with Gasteiger partial charge >= 0.3 is 0 Å². The van der Waals surface area contributed by atoms with Crippen LogP contribution in [0.25, 0.3) is 10.8 Å². The Morgan fingerprint density at radius 1 is 0.913 bits per heavy atom. The lowest BCUT2D eigenvalue weighted by Gasteiger charge is -2.09. The van der Waals surface area contributed by atoms with Gasteiger partial charge in [0.1, 0.15) is 5.75 Å². The van der Waals surface area contributed by atoms with Crippen molar-refractivity contribution in [3.63, 3.8) is 0 Å². The zero-order valence-corrected chi connectivity index (χ0v) is 12.9. The molecule has 0 saturated heterocycles. The van der Waals surface area contributed by atoms with Crippen LogP contribution in [0.15, 0.2) is 66.7 Å². The average Bonchev–Trinajstić information content (AvgIpc) is 2.60. The molecular formula is C19H18N2O2. The second-order valence-corrected chi connectivity index (χ2v) is 5.20. The average molecular weight is 306 g/mol. The molecule has 0 heterocycles. The predicted octanol–water partition coefficient (Wildman–Crippen LogP) is 3.90. The van der Waals surface area contributed by atoms with Gasteiger partial charge in [0.05, 0.1) is 13.7 Å². The van der Waals surface area contributed by atoms with Crippen molar-refractivity contribution in [2.75, 3.05) is 24.3 Å². The summed E-state index contributed by atoms with van der Waals surface area (Å²) < 4.78 is 5.16. The first kappa shape index (κ1) is 14.9. The number of carbonyl (C=O) groups is 1. The van der Waals surface area contributed by atoms with Crippen molar-refractivity contribution in [1.82, 2.24) is 0 Å². The molecule has 0 aliphatic heterocycles. The van der Waals surface area contributed by atoms with E-state index in [2.05, 4.69) is 10.6 Å². The molecule has 0 saturated carbocycles. The van der Waals surface area contributed by atoms with Gasteiger partial charge in [-0.2, -0.15) is 0 Å². The van der Waals surface area contributed by atoms with Gasteiger partial charge in [-0.1, -0.05) is 36.4 Å². The zero-order chi connectivity index (χ0) is 16.1. The Morgan fingerprint density at radius 2 is 1.74 bits per heavy atom. The molecule has 0 aromatic heterocycles. The van der Waals surface area contributed by atoms with Crippen molar-refractivity contribution in [1.29, 1.82) is 0 Å². The summed E-state index contributed by atoms with van der Waals surface area (Å²) in [6.07, 6.45) is 0. The lowest BCUT2D eigenvalue weighted by atomic mass is 10.1. The van der Waals surface area contributed by atoms with Crippen LogP contribution in [0.1, 0.15) is 0 Å². The van der Waals surface area contributed by atoms with Gasteiger partial charge in [0.15, 0.2) is 0 Å². The molecule has 0 atom stereocenters. The monoisotopic (exact) mass is 306 g/mol. The molecule has 1 amide bonds. The largest absolute Gasteiger partial charge is 0.497 e. The third kappa shape index (κ3) is 3.80. The highest BCUT2D eigenvalue weighted by Crippen LogP contribution is 2.19. The van der Waals surface area contributed by atoms with E-state index in [0.717, 1.165) is 27.9 Å². The lowest BCUT2D eigenvalue weighted by molar-refractivity contribution is -0.114. The molecule has 3 aromatic rings. The summed E-state index contributed by atoms with van der Waals surface area (Å²) in [6.45, 7) is 0.194. The minimum absolute atomic E-state index is 0.0944. The van der Waals surface area contributed by atoms with E-state index in [1.807, 2.05) is 66.7 Å². The third-order valence-corrected chi connectivity index (χ3v) is 3.56. The van der Waals surface area contributed by atoms with E-state index in [4.69, 9.17) is 4.74 Å². The first-order chi connectivity index (χ1) is 11.2. The highest BCUT2D eigenvalue weighted by molar-refractivity contribution is 5.96. The highest BCUT2D eigenvalue weighted by atomic mass is 16.5. The number of rotatable bonds is 5. The number of carbonyl (C=O) groups excluding carboxylic acids is 1. The number of fused-ring (bicyclic) bond motifs is 1. The van der Waals surface area contributed by atoms with Gasteiger partial charge in [-0.25, -0.2) is 0 Å². The maximum Gasteiger partial charge on any atom is 0.243 e. The first-order valence-electron chi connectivity index (χ1n) is 7.41. The van der Waals surface area contributed by atoms with Gasteiger partial charge in [-0.05, 0) is 35.0 Å². The topological polar surface area (TPSA) is 50.4 Å². The Labute approximate surface area is 135 Å². The van der Waals surface area contributed by atoms with Crippen molar-refractivity contribution in [2.24, 2.45) is 0 Å². The summed E-state index contributed by atoms with van der Waals surface area (Å²) in [5, 5.41) is 8.24. The number of amides is 1. The smallest absolute Gasteiger partial charge is 0.243 e. The summed E-state index contributed by atoms with van der Waals surface area (Å²) in [4.78, 5) is 12.1. The molecule has 4 heteroatoms. The van der Waals surface area contributed by atoms with Crippen LogP contribution in [0.3, 0.4) is 0 Å². The minimum Gasteiger partial charge on any atom is -0.497 e. The first-order valence-corrected chi connectivity index (χ1v) is 7.41. The number of methoxy groups -OCH3 is 1. The summed E-state index contributed by atoms with van der Waals surface area (Å²) in [5.41, 5.74) is 1.64. The van der Waals surface area contributed by atoms with Crippen LogP contribution in [0.5, 0.6) is 5.75 Å². The summed E-state index contributed by atoms with van der Waals surface area (Å²) in [5.74, 6) is 0.660. The Kier molecular flexibility index (Phi) is 4.43. The lowest BCUT2D eigenvalue weighted by Crippen LogP contribution is -2.21. The summed E-state index contributed by atoms with van der Waals surface area (Å²) >= 11 is 0. The zero-order valence-electron chi connectivity index (χ0n) is 12.9. The Hall–Kier alpha value is -3.01. The number of nitrogens with one attached hydrogen (secondary N) is 2. The number of ether oxygens (including phenoxy) is 1. The minimum atomic E-state index is -0.0944. The van der Waals surface area contributed by atoms with Gasteiger partial charge in [-0.3, -0.25) is 4.79 Å². The van der Waals surface area contributed by atoms with Gasteiger partial charge < -0.3 is 15.4 Å². The van der Waals surface area contributed by atoms with E-state index in [0.29, 0.717) is 0 Å². The number of hydrogen-bond donors (Lipinski definition) is 2. The second kappa shape index (κ2) is 6.83. The van der Waals surface area contributed by atoms with Crippen molar-refractivity contribution in [3.05, 3.63) is 66.7 Å². The van der Waals surface area contributed by atoms with Crippen LogP contribution in [-0.2, 0) is 4.79 Å². The molecule has 116 valence electrons. The van der Waals surface area contributed by atoms with Crippen molar-refractivity contribution in [3.8, 4) is 5.75 Å². The molecule has 0 fully saturated rings. The SMILES string of the molecule is COc1cccc(NCC(=O)Nc2ccc3ccccc3c2)c1. The van der Waals surface area contributed by atoms with E-state index < -0.39 is 0 Å². The molecule has 0 radical (unpaired) electrons. The quantitative estimate of drug-likeness (QED) is 0.751. The number of anilines is 2. The fourth-order valence-electron chi connectivity index (χ4n) is 2.39. The van der Waals surface area contributed by atoms with Crippen LogP contribution in [0, 0.1) is 0 Å². The molecular weight excluding hydrogens is 288 g/mol. The van der Waals surface area contributed by atoms with Gasteiger partial charge in [0, 0.05) is 17.4 Å². The Balaban J connectivity index is 1.61. The molecule has 0 unspecified atom stereocenters. The van der Waals surface area contributed by atoms with E-state index >= 15 is 0 Å². The van der Waals surface area contributed by atoms with E-state index in [1.165, 1.54) is 0 Å². The number of hydrogen-bond acceptors (Lipinski definition) is 3. The van der Waals surface area contributed by atoms with Crippen LogP contribution in [0.4, 0.5) is 11.4 Å².